The van der Waals surface area contributed by atoms with Crippen LogP contribution in [0.3, 0.4) is 0 Å². The summed E-state index contributed by atoms with van der Waals surface area (Å²) in [5.41, 5.74) is 3.52. The third kappa shape index (κ3) is 4.28. The number of benzene rings is 1. The van der Waals surface area contributed by atoms with Gasteiger partial charge in [-0.1, -0.05) is 0 Å². The number of aryl methyl sites for hydroxylation is 1. The molecule has 0 aliphatic carbocycles. The second kappa shape index (κ2) is 8.73. The van der Waals surface area contributed by atoms with Gasteiger partial charge in [0.05, 0.1) is 38.1 Å². The van der Waals surface area contributed by atoms with Crippen LogP contribution in [-0.2, 0) is 7.05 Å². The molecule has 0 radical (unpaired) electrons. The molecule has 0 saturated heterocycles. The summed E-state index contributed by atoms with van der Waals surface area (Å²) in [4.78, 5) is 21.5. The van der Waals surface area contributed by atoms with Crippen LogP contribution in [-0.4, -0.2) is 51.3 Å². The van der Waals surface area contributed by atoms with Crippen molar-refractivity contribution in [1.29, 1.82) is 0 Å². The molecule has 11 heteroatoms. The molecule has 0 aliphatic rings. The normalized spacial score (nSPS) is 12.6. The van der Waals surface area contributed by atoms with Crippen molar-refractivity contribution in [3.8, 4) is 34.0 Å². The van der Waals surface area contributed by atoms with E-state index in [0.29, 0.717) is 16.9 Å². The van der Waals surface area contributed by atoms with Crippen LogP contribution in [0.4, 0.5) is 13.2 Å². The van der Waals surface area contributed by atoms with Crippen molar-refractivity contribution in [2.75, 3.05) is 14.2 Å². The molecule has 0 saturated carbocycles. The van der Waals surface area contributed by atoms with Crippen LogP contribution in [0.1, 0.15) is 17.3 Å². The Kier molecular flexibility index (Phi) is 5.94. The highest BCUT2D eigenvalue weighted by Crippen LogP contribution is 2.36. The Morgan fingerprint density at radius 1 is 1.09 bits per heavy atom. The van der Waals surface area contributed by atoms with Gasteiger partial charge in [-0.2, -0.15) is 13.2 Å². The number of rotatable bonds is 6. The summed E-state index contributed by atoms with van der Waals surface area (Å²) in [6.07, 6.45) is 2.52. The number of pyridine rings is 1. The van der Waals surface area contributed by atoms with Crippen molar-refractivity contribution in [2.24, 2.45) is 7.05 Å². The first kappa shape index (κ1) is 23.1. The summed E-state index contributed by atoms with van der Waals surface area (Å²) < 4.78 is 53.2. The van der Waals surface area contributed by atoms with Crippen molar-refractivity contribution in [2.45, 2.75) is 19.1 Å². The molecular formula is C23H22F3N5O3. The van der Waals surface area contributed by atoms with Crippen molar-refractivity contribution >= 4 is 11.6 Å². The molecule has 0 spiro atoms. The Balaban J connectivity index is 1.74. The number of imidazole rings is 2. The first-order valence-corrected chi connectivity index (χ1v) is 10.2. The van der Waals surface area contributed by atoms with Gasteiger partial charge in [0.2, 0.25) is 0 Å². The van der Waals surface area contributed by atoms with Crippen molar-refractivity contribution in [1.82, 2.24) is 24.3 Å². The largest absolute Gasteiger partial charge is 0.496 e. The topological polar surface area (TPSA) is 82.7 Å². The molecule has 1 amide bonds. The minimum absolute atomic E-state index is 0.0706. The zero-order chi connectivity index (χ0) is 24.6. The Bertz CT molecular complexity index is 1330. The summed E-state index contributed by atoms with van der Waals surface area (Å²) in [7, 11) is 4.55. The van der Waals surface area contributed by atoms with Crippen molar-refractivity contribution < 1.29 is 27.4 Å². The fourth-order valence-corrected chi connectivity index (χ4v) is 3.55. The number of nitrogens with one attached hydrogen (secondary N) is 1. The molecular weight excluding hydrogens is 451 g/mol. The number of hydrogen-bond acceptors (Lipinski definition) is 5. The Morgan fingerprint density at radius 2 is 1.76 bits per heavy atom. The zero-order valence-corrected chi connectivity index (χ0v) is 18.8. The van der Waals surface area contributed by atoms with Crippen LogP contribution in [0.5, 0.6) is 11.5 Å². The van der Waals surface area contributed by atoms with Gasteiger partial charge < -0.3 is 19.4 Å². The van der Waals surface area contributed by atoms with E-state index < -0.39 is 18.1 Å². The summed E-state index contributed by atoms with van der Waals surface area (Å²) in [5.74, 6) is -0.814. The molecule has 0 aliphatic heterocycles. The minimum Gasteiger partial charge on any atom is -0.496 e. The molecule has 178 valence electrons. The van der Waals surface area contributed by atoms with E-state index in [2.05, 4.69) is 9.97 Å². The van der Waals surface area contributed by atoms with E-state index in [1.54, 1.807) is 24.7 Å². The predicted molar refractivity (Wildman–Crippen MR) is 119 cm³/mol. The Hall–Kier alpha value is -4.02. The van der Waals surface area contributed by atoms with Crippen LogP contribution in [0, 0.1) is 0 Å². The van der Waals surface area contributed by atoms with E-state index in [1.807, 2.05) is 45.9 Å². The highest BCUT2D eigenvalue weighted by molar-refractivity contribution is 6.01. The summed E-state index contributed by atoms with van der Waals surface area (Å²) >= 11 is 0. The van der Waals surface area contributed by atoms with E-state index in [9.17, 15) is 18.0 Å². The number of carbonyl (C=O) groups excluding carboxylic acids is 1. The third-order valence-electron chi connectivity index (χ3n) is 5.38. The van der Waals surface area contributed by atoms with Gasteiger partial charge in [0.1, 0.15) is 28.8 Å². The number of aromatic nitrogens is 4. The van der Waals surface area contributed by atoms with Crippen LogP contribution in [0.25, 0.3) is 28.2 Å². The summed E-state index contributed by atoms with van der Waals surface area (Å²) in [5, 5.41) is 1.94. The summed E-state index contributed by atoms with van der Waals surface area (Å²) in [6, 6.07) is 4.87. The van der Waals surface area contributed by atoms with Crippen molar-refractivity contribution in [3.05, 3.63) is 54.7 Å². The molecule has 8 nitrogen and oxygen atoms in total. The molecule has 0 bridgehead atoms. The smallest absolute Gasteiger partial charge is 0.408 e. The number of nitrogens with zero attached hydrogens (tertiary/aromatic N) is 4. The SMILES string of the molecule is COc1cc(-c2cnc3cc(-c4cn(C)cn4)ccn23)cc(OC)c1C(=O)N[C@H](C)C(F)(F)F. The monoisotopic (exact) mass is 473 g/mol. The van der Waals surface area contributed by atoms with Crippen LogP contribution >= 0.6 is 0 Å². The first-order chi connectivity index (χ1) is 16.1. The number of methoxy groups -OCH3 is 2. The van der Waals surface area contributed by atoms with Gasteiger partial charge in [-0.25, -0.2) is 9.97 Å². The lowest BCUT2D eigenvalue weighted by atomic mass is 10.1. The lowest BCUT2D eigenvalue weighted by Gasteiger charge is -2.20. The average Bonchev–Trinajstić information content (AvgIpc) is 3.43. The van der Waals surface area contributed by atoms with Gasteiger partial charge in [-0.15, -0.1) is 0 Å². The van der Waals surface area contributed by atoms with E-state index in [-0.39, 0.29) is 17.1 Å². The lowest BCUT2D eigenvalue weighted by Crippen LogP contribution is -2.43. The zero-order valence-electron chi connectivity index (χ0n) is 18.8. The number of amides is 1. The Labute approximate surface area is 193 Å². The lowest BCUT2D eigenvalue weighted by molar-refractivity contribution is -0.149. The highest BCUT2D eigenvalue weighted by atomic mass is 19.4. The number of carbonyl (C=O) groups is 1. The molecule has 1 N–H and O–H groups in total. The molecule has 1 aromatic carbocycles. The number of ether oxygens (including phenoxy) is 2. The first-order valence-electron chi connectivity index (χ1n) is 10.2. The van der Waals surface area contributed by atoms with Gasteiger partial charge >= 0.3 is 6.18 Å². The molecule has 3 aromatic heterocycles. The molecule has 34 heavy (non-hydrogen) atoms. The van der Waals surface area contributed by atoms with Crippen LogP contribution in [0.2, 0.25) is 0 Å². The van der Waals surface area contributed by atoms with E-state index in [1.165, 1.54) is 14.2 Å². The van der Waals surface area contributed by atoms with Crippen LogP contribution < -0.4 is 14.8 Å². The molecule has 0 unspecified atom stereocenters. The maximum absolute atomic E-state index is 12.9. The second-order valence-electron chi connectivity index (χ2n) is 7.70. The predicted octanol–water partition coefficient (Wildman–Crippen LogP) is 4.10. The van der Waals surface area contributed by atoms with Gasteiger partial charge in [-0.05, 0) is 31.2 Å². The fourth-order valence-electron chi connectivity index (χ4n) is 3.55. The third-order valence-corrected chi connectivity index (χ3v) is 5.38. The van der Waals surface area contributed by atoms with Gasteiger partial charge in [0.25, 0.3) is 5.91 Å². The van der Waals surface area contributed by atoms with Crippen molar-refractivity contribution in [3.63, 3.8) is 0 Å². The number of halogens is 3. The maximum atomic E-state index is 12.9. The minimum atomic E-state index is -4.58. The number of alkyl halides is 3. The maximum Gasteiger partial charge on any atom is 0.408 e. The van der Waals surface area contributed by atoms with Gasteiger partial charge in [0.15, 0.2) is 0 Å². The number of fused-ring (bicyclic) bond motifs is 1. The Morgan fingerprint density at radius 3 is 2.32 bits per heavy atom. The fraction of sp³-hybridized carbons (Fsp3) is 0.261. The number of hydrogen-bond donors (Lipinski definition) is 1. The molecule has 4 rings (SSSR count). The van der Waals surface area contributed by atoms with E-state index >= 15 is 0 Å². The highest BCUT2D eigenvalue weighted by Gasteiger charge is 2.38. The van der Waals surface area contributed by atoms with E-state index in [0.717, 1.165) is 18.2 Å². The quantitative estimate of drug-likeness (QED) is 0.456. The van der Waals surface area contributed by atoms with Crippen LogP contribution in [0.15, 0.2) is 49.2 Å². The standard InChI is InChI=1S/C23H22F3N5O3/c1-13(23(24,25)26)29-22(32)21-18(33-3)7-15(8-19(21)34-4)17-10-27-20-9-14(5-6-31(17)20)16-11-30(2)12-28-16/h5-13H,1-4H3,(H,29,32)/t13-/m1/s1. The molecule has 0 fully saturated rings. The molecule has 3 heterocycles. The molecule has 1 atom stereocenters. The average molecular weight is 473 g/mol. The van der Waals surface area contributed by atoms with Gasteiger partial charge in [0, 0.05) is 30.6 Å². The van der Waals surface area contributed by atoms with Gasteiger partial charge in [-0.3, -0.25) is 9.20 Å². The summed E-state index contributed by atoms with van der Waals surface area (Å²) in [6.45, 7) is 0.864. The molecule has 4 aromatic rings. The second-order valence-corrected chi connectivity index (χ2v) is 7.70. The van der Waals surface area contributed by atoms with E-state index in [4.69, 9.17) is 9.47 Å².